The van der Waals surface area contributed by atoms with E-state index in [4.69, 9.17) is 14.7 Å². The summed E-state index contributed by atoms with van der Waals surface area (Å²) in [6.45, 7) is 1.30. The standard InChI is InChI=1S/C21H25N3O5/c1-24(2)13-17-16-5-3-4-6-18(16)29-19(17)21(26)22-11-12-28-15-9-7-14(8-10-15)20(25)23-27/h3-10,17,19,27H,11-13H2,1-2H3,(H,22,26)(H,23,25)/t17-,19-/m1/s1. The summed E-state index contributed by atoms with van der Waals surface area (Å²) in [7, 11) is 3.94. The second-order valence-electron chi connectivity index (χ2n) is 7.05. The molecular weight excluding hydrogens is 374 g/mol. The molecule has 29 heavy (non-hydrogen) atoms. The molecule has 1 heterocycles. The Morgan fingerprint density at radius 1 is 1.14 bits per heavy atom. The third kappa shape index (κ3) is 5.04. The lowest BCUT2D eigenvalue weighted by Crippen LogP contribution is -2.43. The predicted molar refractivity (Wildman–Crippen MR) is 106 cm³/mol. The van der Waals surface area contributed by atoms with E-state index < -0.39 is 12.0 Å². The minimum Gasteiger partial charge on any atom is -0.492 e. The quantitative estimate of drug-likeness (QED) is 0.353. The topological polar surface area (TPSA) is 100 Å². The SMILES string of the molecule is CN(C)C[C@@H]1c2ccccc2O[C@H]1C(=O)NCCOc1ccc(C(=O)NO)cc1. The highest BCUT2D eigenvalue weighted by atomic mass is 16.5. The molecule has 3 N–H and O–H groups in total. The Hall–Kier alpha value is -3.10. The Morgan fingerprint density at radius 2 is 1.86 bits per heavy atom. The molecule has 0 saturated carbocycles. The van der Waals surface area contributed by atoms with Crippen LogP contribution in [0.2, 0.25) is 0 Å². The molecule has 3 rings (SSSR count). The van der Waals surface area contributed by atoms with Gasteiger partial charge in [0.15, 0.2) is 6.10 Å². The van der Waals surface area contributed by atoms with E-state index in [0.717, 1.165) is 11.3 Å². The molecule has 0 unspecified atom stereocenters. The van der Waals surface area contributed by atoms with Crippen LogP contribution >= 0.6 is 0 Å². The average Bonchev–Trinajstić information content (AvgIpc) is 3.09. The number of rotatable bonds is 8. The van der Waals surface area contributed by atoms with Crippen LogP contribution in [-0.2, 0) is 4.79 Å². The van der Waals surface area contributed by atoms with Crippen LogP contribution < -0.4 is 20.3 Å². The third-order valence-electron chi connectivity index (χ3n) is 4.65. The highest BCUT2D eigenvalue weighted by Crippen LogP contribution is 2.38. The molecule has 0 fully saturated rings. The van der Waals surface area contributed by atoms with Crippen LogP contribution in [0.4, 0.5) is 0 Å². The third-order valence-corrected chi connectivity index (χ3v) is 4.65. The molecule has 2 atom stereocenters. The van der Waals surface area contributed by atoms with Gasteiger partial charge in [-0.2, -0.15) is 0 Å². The molecule has 2 aromatic rings. The number of ether oxygens (including phenoxy) is 2. The first-order valence-electron chi connectivity index (χ1n) is 9.35. The lowest BCUT2D eigenvalue weighted by molar-refractivity contribution is -0.128. The van der Waals surface area contributed by atoms with Gasteiger partial charge in [-0.15, -0.1) is 0 Å². The van der Waals surface area contributed by atoms with Crippen molar-refractivity contribution in [2.24, 2.45) is 0 Å². The van der Waals surface area contributed by atoms with E-state index in [1.807, 2.05) is 43.3 Å². The Labute approximate surface area is 169 Å². The molecule has 2 aromatic carbocycles. The minimum atomic E-state index is -0.589. The fraction of sp³-hybridized carbons (Fsp3) is 0.333. The molecule has 0 spiro atoms. The summed E-state index contributed by atoms with van der Waals surface area (Å²) in [5.41, 5.74) is 2.94. The van der Waals surface area contributed by atoms with Gasteiger partial charge in [0, 0.05) is 23.6 Å². The van der Waals surface area contributed by atoms with E-state index in [1.165, 1.54) is 12.1 Å². The molecule has 0 aliphatic carbocycles. The van der Waals surface area contributed by atoms with Crippen molar-refractivity contribution in [1.82, 2.24) is 15.7 Å². The second-order valence-corrected chi connectivity index (χ2v) is 7.05. The molecule has 154 valence electrons. The van der Waals surface area contributed by atoms with Gasteiger partial charge < -0.3 is 19.7 Å². The van der Waals surface area contributed by atoms with Crippen LogP contribution in [-0.4, -0.2) is 61.8 Å². The summed E-state index contributed by atoms with van der Waals surface area (Å²) in [5, 5.41) is 11.5. The van der Waals surface area contributed by atoms with Crippen LogP contribution in [0.15, 0.2) is 48.5 Å². The first-order chi connectivity index (χ1) is 14.0. The lowest BCUT2D eigenvalue weighted by Gasteiger charge is -2.21. The largest absolute Gasteiger partial charge is 0.492 e. The molecule has 0 radical (unpaired) electrons. The van der Waals surface area contributed by atoms with Crippen molar-refractivity contribution in [3.8, 4) is 11.5 Å². The number of likely N-dealkylation sites (N-methyl/N-ethyl adjacent to an activating group) is 1. The lowest BCUT2D eigenvalue weighted by atomic mass is 9.94. The Kier molecular flexibility index (Phi) is 6.69. The molecule has 0 bridgehead atoms. The Morgan fingerprint density at radius 3 is 2.55 bits per heavy atom. The number of carbonyl (C=O) groups excluding carboxylic acids is 2. The highest BCUT2D eigenvalue weighted by molar-refractivity contribution is 5.93. The number of nitrogens with one attached hydrogen (secondary N) is 2. The van der Waals surface area contributed by atoms with E-state index in [-0.39, 0.29) is 18.4 Å². The maximum absolute atomic E-state index is 12.7. The summed E-state index contributed by atoms with van der Waals surface area (Å²) in [5.74, 6) is 0.513. The number of hydrogen-bond acceptors (Lipinski definition) is 6. The van der Waals surface area contributed by atoms with E-state index in [1.54, 1.807) is 17.6 Å². The van der Waals surface area contributed by atoms with Crippen molar-refractivity contribution in [2.45, 2.75) is 12.0 Å². The minimum absolute atomic E-state index is 0.0349. The highest BCUT2D eigenvalue weighted by Gasteiger charge is 2.39. The smallest absolute Gasteiger partial charge is 0.274 e. The maximum Gasteiger partial charge on any atom is 0.274 e. The number of fused-ring (bicyclic) bond motifs is 1. The van der Waals surface area contributed by atoms with Gasteiger partial charge in [-0.1, -0.05) is 18.2 Å². The molecule has 1 aliphatic rings. The van der Waals surface area contributed by atoms with Crippen LogP contribution in [0.3, 0.4) is 0 Å². The summed E-state index contributed by atoms with van der Waals surface area (Å²) in [6, 6.07) is 14.1. The van der Waals surface area contributed by atoms with Crippen molar-refractivity contribution in [2.75, 3.05) is 33.8 Å². The summed E-state index contributed by atoms with van der Waals surface area (Å²) >= 11 is 0. The van der Waals surface area contributed by atoms with E-state index in [9.17, 15) is 9.59 Å². The number of hydrogen-bond donors (Lipinski definition) is 3. The van der Waals surface area contributed by atoms with Gasteiger partial charge in [-0.3, -0.25) is 14.8 Å². The monoisotopic (exact) mass is 399 g/mol. The van der Waals surface area contributed by atoms with E-state index >= 15 is 0 Å². The van der Waals surface area contributed by atoms with Gasteiger partial charge in [0.05, 0.1) is 6.54 Å². The molecular formula is C21H25N3O5. The zero-order valence-electron chi connectivity index (χ0n) is 16.4. The number of amides is 2. The predicted octanol–water partition coefficient (Wildman–Crippen LogP) is 1.41. The molecule has 1 aliphatic heterocycles. The van der Waals surface area contributed by atoms with Gasteiger partial charge in [-0.25, -0.2) is 5.48 Å². The average molecular weight is 399 g/mol. The number of nitrogens with zero attached hydrogens (tertiary/aromatic N) is 1. The zero-order chi connectivity index (χ0) is 20.8. The summed E-state index contributed by atoms with van der Waals surface area (Å²) in [4.78, 5) is 26.0. The van der Waals surface area contributed by atoms with Gasteiger partial charge in [0.25, 0.3) is 11.8 Å². The second kappa shape index (κ2) is 9.40. The normalized spacial score (nSPS) is 17.4. The van der Waals surface area contributed by atoms with E-state index in [2.05, 4.69) is 5.32 Å². The van der Waals surface area contributed by atoms with Crippen molar-refractivity contribution in [3.63, 3.8) is 0 Å². The van der Waals surface area contributed by atoms with Crippen LogP contribution in [0.1, 0.15) is 21.8 Å². The van der Waals surface area contributed by atoms with Crippen molar-refractivity contribution < 1.29 is 24.3 Å². The number of para-hydroxylation sites is 1. The molecule has 8 heteroatoms. The van der Waals surface area contributed by atoms with Crippen molar-refractivity contribution >= 4 is 11.8 Å². The molecule has 8 nitrogen and oxygen atoms in total. The Balaban J connectivity index is 1.51. The van der Waals surface area contributed by atoms with Gasteiger partial charge in [0.2, 0.25) is 0 Å². The van der Waals surface area contributed by atoms with Crippen LogP contribution in [0.5, 0.6) is 11.5 Å². The van der Waals surface area contributed by atoms with Crippen molar-refractivity contribution in [3.05, 3.63) is 59.7 Å². The number of hydroxylamine groups is 1. The Bertz CT molecular complexity index is 854. The summed E-state index contributed by atoms with van der Waals surface area (Å²) < 4.78 is 11.5. The van der Waals surface area contributed by atoms with Gasteiger partial charge >= 0.3 is 0 Å². The van der Waals surface area contributed by atoms with Gasteiger partial charge in [0.1, 0.15) is 18.1 Å². The van der Waals surface area contributed by atoms with E-state index in [0.29, 0.717) is 24.4 Å². The van der Waals surface area contributed by atoms with Crippen LogP contribution in [0, 0.1) is 0 Å². The molecule has 2 amide bonds. The fourth-order valence-corrected chi connectivity index (χ4v) is 3.31. The maximum atomic E-state index is 12.7. The first kappa shape index (κ1) is 20.6. The summed E-state index contributed by atoms with van der Waals surface area (Å²) in [6.07, 6.45) is -0.578. The number of carbonyl (C=O) groups is 2. The molecule has 0 aromatic heterocycles. The van der Waals surface area contributed by atoms with Gasteiger partial charge in [-0.05, 0) is 44.4 Å². The molecule has 0 saturated heterocycles. The first-order valence-corrected chi connectivity index (χ1v) is 9.35. The number of benzene rings is 2. The van der Waals surface area contributed by atoms with Crippen molar-refractivity contribution in [1.29, 1.82) is 0 Å². The van der Waals surface area contributed by atoms with Crippen LogP contribution in [0.25, 0.3) is 0 Å². The fourth-order valence-electron chi connectivity index (χ4n) is 3.31. The zero-order valence-corrected chi connectivity index (χ0v) is 16.4.